The fourth-order valence-corrected chi connectivity index (χ4v) is 3.36. The summed E-state index contributed by atoms with van der Waals surface area (Å²) in [6, 6.07) is 3.61. The van der Waals surface area contributed by atoms with Crippen molar-refractivity contribution in [3.63, 3.8) is 0 Å². The first kappa shape index (κ1) is 14.5. The number of aliphatic hydroxyl groups is 1. The van der Waals surface area contributed by atoms with Crippen LogP contribution in [-0.2, 0) is 4.74 Å². The van der Waals surface area contributed by atoms with Crippen LogP contribution in [0.5, 0.6) is 0 Å². The van der Waals surface area contributed by atoms with Crippen molar-refractivity contribution in [3.05, 3.63) is 29.6 Å². The van der Waals surface area contributed by atoms with Crippen molar-refractivity contribution in [1.29, 1.82) is 0 Å². The van der Waals surface area contributed by atoms with E-state index in [4.69, 9.17) is 4.74 Å². The highest BCUT2D eigenvalue weighted by Crippen LogP contribution is 2.35. The molecule has 0 saturated carbocycles. The molecule has 1 amide bonds. The number of rotatable bonds is 1. The van der Waals surface area contributed by atoms with Crippen LogP contribution >= 0.6 is 0 Å². The summed E-state index contributed by atoms with van der Waals surface area (Å²) in [6.45, 7) is 3.83. The number of amides is 1. The lowest BCUT2D eigenvalue weighted by Gasteiger charge is -2.46. The number of ether oxygens (including phenoxy) is 1. The number of piperidine rings is 1. The minimum absolute atomic E-state index is 0.0285. The standard InChI is InChI=1S/C16H22N2O3/c1-12-13(4-2-8-17-12)15(20)18-9-6-16(7-10-18)14(19)5-3-11-21-16/h2,4,8,14,19H,3,5-7,9-11H2,1H3/t14-/m1/s1. The molecule has 2 saturated heterocycles. The number of aromatic nitrogens is 1. The first-order chi connectivity index (χ1) is 10.1. The van der Waals surface area contributed by atoms with Crippen LogP contribution < -0.4 is 0 Å². The Kier molecular flexibility index (Phi) is 3.95. The second-order valence-electron chi connectivity index (χ2n) is 6.00. The van der Waals surface area contributed by atoms with Gasteiger partial charge in [-0.25, -0.2) is 0 Å². The number of aryl methyl sites for hydroxylation is 1. The SMILES string of the molecule is Cc1ncccc1C(=O)N1CCC2(CC1)OCCC[C@H]2O. The lowest BCUT2D eigenvalue weighted by molar-refractivity contribution is -0.174. The first-order valence-corrected chi connectivity index (χ1v) is 7.65. The Balaban J connectivity index is 1.68. The van der Waals surface area contributed by atoms with E-state index in [1.165, 1.54) is 0 Å². The number of nitrogens with zero attached hydrogens (tertiary/aromatic N) is 2. The molecule has 114 valence electrons. The van der Waals surface area contributed by atoms with Gasteiger partial charge in [0, 0.05) is 31.6 Å². The van der Waals surface area contributed by atoms with Gasteiger partial charge in [-0.1, -0.05) is 0 Å². The molecule has 0 unspecified atom stereocenters. The summed E-state index contributed by atoms with van der Waals surface area (Å²) in [5.41, 5.74) is 0.995. The van der Waals surface area contributed by atoms with Gasteiger partial charge in [0.15, 0.2) is 0 Å². The van der Waals surface area contributed by atoms with Crippen molar-refractivity contribution in [3.8, 4) is 0 Å². The van der Waals surface area contributed by atoms with Crippen molar-refractivity contribution in [2.75, 3.05) is 19.7 Å². The Morgan fingerprint density at radius 2 is 2.24 bits per heavy atom. The summed E-state index contributed by atoms with van der Waals surface area (Å²) in [7, 11) is 0. The Morgan fingerprint density at radius 3 is 2.90 bits per heavy atom. The van der Waals surface area contributed by atoms with Crippen molar-refractivity contribution in [2.45, 2.75) is 44.3 Å². The van der Waals surface area contributed by atoms with Crippen LogP contribution in [0.3, 0.4) is 0 Å². The van der Waals surface area contributed by atoms with Crippen LogP contribution in [0.25, 0.3) is 0 Å². The van der Waals surface area contributed by atoms with Crippen molar-refractivity contribution in [1.82, 2.24) is 9.88 Å². The molecule has 5 nitrogen and oxygen atoms in total. The van der Waals surface area contributed by atoms with Gasteiger partial charge >= 0.3 is 0 Å². The van der Waals surface area contributed by atoms with Gasteiger partial charge in [0.05, 0.1) is 17.3 Å². The predicted molar refractivity (Wildman–Crippen MR) is 78.0 cm³/mol. The molecular formula is C16H22N2O3. The molecular weight excluding hydrogens is 268 g/mol. The summed E-state index contributed by atoms with van der Waals surface area (Å²) < 4.78 is 5.88. The number of pyridine rings is 1. The second kappa shape index (κ2) is 5.73. The molecule has 5 heteroatoms. The maximum absolute atomic E-state index is 12.6. The smallest absolute Gasteiger partial charge is 0.255 e. The van der Waals surface area contributed by atoms with Gasteiger partial charge in [0.1, 0.15) is 0 Å². The summed E-state index contributed by atoms with van der Waals surface area (Å²) >= 11 is 0. The van der Waals surface area contributed by atoms with Gasteiger partial charge in [-0.3, -0.25) is 9.78 Å². The van der Waals surface area contributed by atoms with Gasteiger partial charge in [-0.2, -0.15) is 0 Å². The second-order valence-corrected chi connectivity index (χ2v) is 6.00. The van der Waals surface area contributed by atoms with Gasteiger partial charge in [0.2, 0.25) is 0 Å². The Hall–Kier alpha value is -1.46. The van der Waals surface area contributed by atoms with E-state index >= 15 is 0 Å². The number of carbonyl (C=O) groups excluding carboxylic acids is 1. The zero-order valence-corrected chi connectivity index (χ0v) is 12.4. The Bertz CT molecular complexity index is 524. The van der Waals surface area contributed by atoms with Crippen LogP contribution in [0.15, 0.2) is 18.3 Å². The fourth-order valence-electron chi connectivity index (χ4n) is 3.36. The van der Waals surface area contributed by atoms with Gasteiger partial charge in [0.25, 0.3) is 5.91 Å². The Morgan fingerprint density at radius 1 is 1.48 bits per heavy atom. The van der Waals surface area contributed by atoms with E-state index < -0.39 is 11.7 Å². The summed E-state index contributed by atoms with van der Waals surface area (Å²) in [5, 5.41) is 10.2. The number of hydrogen-bond acceptors (Lipinski definition) is 4. The highest BCUT2D eigenvalue weighted by Gasteiger charge is 2.44. The van der Waals surface area contributed by atoms with E-state index in [9.17, 15) is 9.90 Å². The number of likely N-dealkylation sites (tertiary alicyclic amines) is 1. The van der Waals surface area contributed by atoms with E-state index in [1.54, 1.807) is 12.3 Å². The van der Waals surface area contributed by atoms with Crippen LogP contribution in [0.2, 0.25) is 0 Å². The molecule has 1 aromatic rings. The normalized spacial score (nSPS) is 25.0. The highest BCUT2D eigenvalue weighted by atomic mass is 16.5. The third-order valence-corrected chi connectivity index (χ3v) is 4.75. The largest absolute Gasteiger partial charge is 0.390 e. The molecule has 1 aromatic heterocycles. The topological polar surface area (TPSA) is 62.7 Å². The summed E-state index contributed by atoms with van der Waals surface area (Å²) in [4.78, 5) is 18.6. The average molecular weight is 290 g/mol. The molecule has 0 radical (unpaired) electrons. The molecule has 1 atom stereocenters. The molecule has 2 aliphatic rings. The minimum Gasteiger partial charge on any atom is -0.390 e. The molecule has 2 aliphatic heterocycles. The molecule has 0 aliphatic carbocycles. The van der Waals surface area contributed by atoms with E-state index in [1.807, 2.05) is 17.9 Å². The third kappa shape index (κ3) is 2.68. The van der Waals surface area contributed by atoms with Gasteiger partial charge in [-0.15, -0.1) is 0 Å². The molecule has 3 heterocycles. The van der Waals surface area contributed by atoms with E-state index in [2.05, 4.69) is 4.98 Å². The first-order valence-electron chi connectivity index (χ1n) is 7.65. The molecule has 1 spiro atoms. The molecule has 1 N–H and O–H groups in total. The average Bonchev–Trinajstić information content (AvgIpc) is 2.51. The molecule has 0 aromatic carbocycles. The highest BCUT2D eigenvalue weighted by molar-refractivity contribution is 5.95. The van der Waals surface area contributed by atoms with Crippen molar-refractivity contribution >= 4 is 5.91 Å². The molecule has 3 rings (SSSR count). The zero-order valence-electron chi connectivity index (χ0n) is 12.4. The number of aliphatic hydroxyl groups excluding tert-OH is 1. The zero-order chi connectivity index (χ0) is 14.9. The minimum atomic E-state index is -0.432. The van der Waals surface area contributed by atoms with Gasteiger partial charge < -0.3 is 14.7 Å². The maximum atomic E-state index is 12.6. The molecule has 21 heavy (non-hydrogen) atoms. The van der Waals surface area contributed by atoms with E-state index in [0.29, 0.717) is 38.1 Å². The number of hydrogen-bond donors (Lipinski definition) is 1. The van der Waals surface area contributed by atoms with E-state index in [-0.39, 0.29) is 5.91 Å². The molecule has 2 fully saturated rings. The third-order valence-electron chi connectivity index (χ3n) is 4.75. The monoisotopic (exact) mass is 290 g/mol. The lowest BCUT2D eigenvalue weighted by atomic mass is 9.82. The quantitative estimate of drug-likeness (QED) is 0.852. The fraction of sp³-hybridized carbons (Fsp3) is 0.625. The van der Waals surface area contributed by atoms with E-state index in [0.717, 1.165) is 18.5 Å². The number of carbonyl (C=O) groups is 1. The maximum Gasteiger partial charge on any atom is 0.255 e. The van der Waals surface area contributed by atoms with Crippen molar-refractivity contribution < 1.29 is 14.6 Å². The predicted octanol–water partition coefficient (Wildman–Crippen LogP) is 1.54. The van der Waals surface area contributed by atoms with Crippen LogP contribution in [0.1, 0.15) is 41.7 Å². The van der Waals surface area contributed by atoms with Crippen LogP contribution in [0.4, 0.5) is 0 Å². The van der Waals surface area contributed by atoms with Crippen molar-refractivity contribution in [2.24, 2.45) is 0 Å². The summed E-state index contributed by atoms with van der Waals surface area (Å²) in [6.07, 6.45) is 4.43. The molecule has 0 bridgehead atoms. The Labute approximate surface area is 124 Å². The van der Waals surface area contributed by atoms with Crippen LogP contribution in [-0.4, -0.2) is 52.3 Å². The lowest BCUT2D eigenvalue weighted by Crippen LogP contribution is -2.56. The summed E-state index contributed by atoms with van der Waals surface area (Å²) in [5.74, 6) is 0.0285. The van der Waals surface area contributed by atoms with Crippen LogP contribution in [0, 0.1) is 6.92 Å². The van der Waals surface area contributed by atoms with Gasteiger partial charge in [-0.05, 0) is 44.7 Å².